The lowest BCUT2D eigenvalue weighted by Gasteiger charge is -2.45. The highest BCUT2D eigenvalue weighted by molar-refractivity contribution is 7.96. The van der Waals surface area contributed by atoms with E-state index in [2.05, 4.69) is 4.36 Å². The van der Waals surface area contributed by atoms with Crippen molar-refractivity contribution >= 4 is 27.1 Å². The molecule has 2 aliphatic rings. The van der Waals surface area contributed by atoms with E-state index in [9.17, 15) is 13.4 Å². The first kappa shape index (κ1) is 21.7. The van der Waals surface area contributed by atoms with Crippen LogP contribution in [0.3, 0.4) is 0 Å². The molecule has 2 aliphatic heterocycles. The van der Waals surface area contributed by atoms with Gasteiger partial charge in [0.15, 0.2) is 0 Å². The van der Waals surface area contributed by atoms with Crippen LogP contribution in [0.5, 0.6) is 0 Å². The molecule has 1 aromatic rings. The summed E-state index contributed by atoms with van der Waals surface area (Å²) >= 11 is 0. The molecule has 0 aliphatic carbocycles. The van der Waals surface area contributed by atoms with Gasteiger partial charge in [-0.1, -0.05) is 0 Å². The Bertz CT molecular complexity index is 1000. The van der Waals surface area contributed by atoms with Crippen molar-refractivity contribution in [3.05, 3.63) is 29.6 Å². The van der Waals surface area contributed by atoms with E-state index < -0.39 is 42.7 Å². The second-order valence-electron chi connectivity index (χ2n) is 9.42. The first-order valence-corrected chi connectivity index (χ1v) is 11.4. The molecule has 0 fully saturated rings. The van der Waals surface area contributed by atoms with Crippen molar-refractivity contribution in [2.24, 2.45) is 9.36 Å². The fraction of sp³-hybridized carbons (Fsp3) is 0.619. The Balaban J connectivity index is 2.18. The molecule has 0 amide bonds. The summed E-state index contributed by atoms with van der Waals surface area (Å²) in [6.07, 6.45) is 0.416. The molecule has 1 aromatic carbocycles. The van der Waals surface area contributed by atoms with Crippen molar-refractivity contribution < 1.29 is 18.1 Å². The third-order valence-corrected chi connectivity index (χ3v) is 9.48. The molecule has 3 rings (SSSR count). The predicted molar refractivity (Wildman–Crippen MR) is 114 cm³/mol. The highest BCUT2D eigenvalue weighted by Crippen LogP contribution is 2.49. The molecule has 0 unspecified atom stereocenters. The number of hydrogen-bond acceptors (Lipinski definition) is 6. The number of nitrogens with two attached hydrogens (primary N) is 1. The smallest absolute Gasteiger partial charge is 0.312 e. The highest BCUT2D eigenvalue weighted by atomic mass is 32.2. The van der Waals surface area contributed by atoms with Crippen molar-refractivity contribution in [1.29, 1.82) is 0 Å². The molecular formula is C21H30FN3O3S. The van der Waals surface area contributed by atoms with Gasteiger partial charge in [-0.25, -0.2) is 13.0 Å². The molecule has 160 valence electrons. The number of rotatable bonds is 3. The summed E-state index contributed by atoms with van der Waals surface area (Å²) in [5.74, 6) is -0.922. The zero-order valence-corrected chi connectivity index (χ0v) is 18.7. The van der Waals surface area contributed by atoms with Gasteiger partial charge in [0.25, 0.3) is 0 Å². The standard InChI is InChI=1S/C21H30FN3O3S/c1-19(2,3)28-18(26)12-16-20(4,5)29(27)17(9-10-24-29)21(6,25-16)14-11-13(23)7-8-15(14)22/h7-8,11,17H,9-10,12,23H2,1-6H3/t17-,21-,29+/m1/s1. The molecule has 2 N–H and O–H groups in total. The lowest BCUT2D eigenvalue weighted by molar-refractivity contribution is -0.153. The van der Waals surface area contributed by atoms with Crippen molar-refractivity contribution in [3.8, 4) is 0 Å². The van der Waals surface area contributed by atoms with Crippen LogP contribution in [0.25, 0.3) is 0 Å². The molecule has 6 nitrogen and oxygen atoms in total. The van der Waals surface area contributed by atoms with Crippen LogP contribution in [-0.2, 0) is 24.8 Å². The van der Waals surface area contributed by atoms with Crippen molar-refractivity contribution in [1.82, 2.24) is 0 Å². The Morgan fingerprint density at radius 1 is 1.34 bits per heavy atom. The average Bonchev–Trinajstić information content (AvgIpc) is 2.98. The summed E-state index contributed by atoms with van der Waals surface area (Å²) in [6, 6.07) is 4.32. The molecule has 0 saturated carbocycles. The maximum atomic E-state index is 14.8. The van der Waals surface area contributed by atoms with Crippen LogP contribution in [0.2, 0.25) is 0 Å². The van der Waals surface area contributed by atoms with Crippen molar-refractivity contribution in [2.45, 2.75) is 75.5 Å². The molecule has 0 radical (unpaired) electrons. The van der Waals surface area contributed by atoms with Crippen LogP contribution < -0.4 is 5.73 Å². The maximum absolute atomic E-state index is 14.8. The van der Waals surface area contributed by atoms with Crippen molar-refractivity contribution in [2.75, 3.05) is 12.3 Å². The fourth-order valence-corrected chi connectivity index (χ4v) is 7.52. The number of anilines is 1. The Morgan fingerprint density at radius 2 is 2.00 bits per heavy atom. The van der Waals surface area contributed by atoms with E-state index in [-0.39, 0.29) is 12.0 Å². The number of carbonyl (C=O) groups excluding carboxylic acids is 1. The molecule has 0 saturated heterocycles. The number of carbonyl (C=O) groups is 1. The van der Waals surface area contributed by atoms with E-state index in [4.69, 9.17) is 15.5 Å². The number of aliphatic imine (C=N–C) groups is 1. The Hall–Kier alpha value is -1.96. The van der Waals surface area contributed by atoms with Gasteiger partial charge in [0.05, 0.1) is 26.1 Å². The van der Waals surface area contributed by atoms with E-state index in [1.165, 1.54) is 12.1 Å². The molecular weight excluding hydrogens is 393 g/mol. The van der Waals surface area contributed by atoms with Crippen LogP contribution in [0.15, 0.2) is 27.6 Å². The van der Waals surface area contributed by atoms with E-state index in [0.29, 0.717) is 24.4 Å². The SMILES string of the molecule is CC(C)(C)OC(=O)CC1=N[C@](C)(c2cc(N)ccc2F)[C@H]2CCN=[S@@]2(=O)C1(C)C. The summed E-state index contributed by atoms with van der Waals surface area (Å²) in [7, 11) is -2.82. The Labute approximate surface area is 172 Å². The van der Waals surface area contributed by atoms with Crippen LogP contribution >= 0.6 is 0 Å². The van der Waals surface area contributed by atoms with Gasteiger partial charge in [0.1, 0.15) is 17.0 Å². The number of ether oxygens (including phenoxy) is 1. The van der Waals surface area contributed by atoms with Crippen LogP contribution in [0.1, 0.15) is 59.9 Å². The van der Waals surface area contributed by atoms with Crippen LogP contribution in [-0.4, -0.2) is 38.0 Å². The second kappa shape index (κ2) is 6.79. The van der Waals surface area contributed by atoms with E-state index in [1.54, 1.807) is 47.6 Å². The quantitative estimate of drug-likeness (QED) is 0.590. The predicted octanol–water partition coefficient (Wildman–Crippen LogP) is 3.83. The van der Waals surface area contributed by atoms with E-state index in [1.807, 2.05) is 0 Å². The fourth-order valence-electron chi connectivity index (χ4n) is 4.25. The number of esters is 1. The lowest BCUT2D eigenvalue weighted by atomic mass is 9.85. The topological polar surface area (TPSA) is 94.1 Å². The summed E-state index contributed by atoms with van der Waals surface area (Å²) in [5.41, 5.74) is 5.23. The van der Waals surface area contributed by atoms with Gasteiger partial charge >= 0.3 is 5.97 Å². The minimum absolute atomic E-state index is 0.122. The number of fused-ring (bicyclic) bond motifs is 1. The average molecular weight is 424 g/mol. The Morgan fingerprint density at radius 3 is 2.62 bits per heavy atom. The molecule has 0 spiro atoms. The minimum atomic E-state index is -2.82. The minimum Gasteiger partial charge on any atom is -0.460 e. The summed E-state index contributed by atoms with van der Waals surface area (Å²) in [5, 5.41) is -0.469. The zero-order chi connectivity index (χ0) is 21.8. The normalized spacial score (nSPS) is 30.9. The number of nitrogens with zero attached hydrogens (tertiary/aromatic N) is 2. The molecule has 0 aromatic heterocycles. The summed E-state index contributed by atoms with van der Waals surface area (Å²) < 4.78 is 38.0. The van der Waals surface area contributed by atoms with Gasteiger partial charge in [0.2, 0.25) is 0 Å². The third kappa shape index (κ3) is 3.56. The van der Waals surface area contributed by atoms with Gasteiger partial charge in [-0.3, -0.25) is 9.79 Å². The van der Waals surface area contributed by atoms with E-state index in [0.717, 1.165) is 0 Å². The largest absolute Gasteiger partial charge is 0.460 e. The van der Waals surface area contributed by atoms with Gasteiger partial charge in [-0.05, 0) is 66.2 Å². The lowest BCUT2D eigenvalue weighted by Crippen LogP contribution is -2.56. The summed E-state index contributed by atoms with van der Waals surface area (Å²) in [4.78, 5) is 17.4. The van der Waals surface area contributed by atoms with Gasteiger partial charge in [0, 0.05) is 23.5 Å². The highest BCUT2D eigenvalue weighted by Gasteiger charge is 2.57. The molecule has 2 heterocycles. The molecule has 29 heavy (non-hydrogen) atoms. The number of benzene rings is 1. The number of halogens is 1. The first-order valence-electron chi connectivity index (χ1n) is 9.78. The molecule has 3 atom stereocenters. The van der Waals surface area contributed by atoms with Crippen LogP contribution in [0, 0.1) is 5.82 Å². The van der Waals surface area contributed by atoms with Crippen molar-refractivity contribution in [3.63, 3.8) is 0 Å². The second-order valence-corrected chi connectivity index (χ2v) is 12.4. The zero-order valence-electron chi connectivity index (χ0n) is 17.9. The third-order valence-electron chi connectivity index (χ3n) is 5.75. The van der Waals surface area contributed by atoms with Gasteiger partial charge in [-0.2, -0.15) is 0 Å². The van der Waals surface area contributed by atoms with Gasteiger partial charge < -0.3 is 10.5 Å². The van der Waals surface area contributed by atoms with Crippen LogP contribution in [0.4, 0.5) is 10.1 Å². The van der Waals surface area contributed by atoms with Gasteiger partial charge in [-0.15, -0.1) is 0 Å². The number of hydrogen-bond donors (Lipinski definition) is 1. The Kier molecular flexibility index (Phi) is 5.09. The first-order chi connectivity index (χ1) is 13.2. The molecule has 0 bridgehead atoms. The monoisotopic (exact) mass is 423 g/mol. The van der Waals surface area contributed by atoms with E-state index >= 15 is 0 Å². The maximum Gasteiger partial charge on any atom is 0.312 e. The number of nitrogen functional groups attached to an aromatic ring is 1. The molecule has 8 heteroatoms. The summed E-state index contributed by atoms with van der Waals surface area (Å²) in [6.45, 7) is 11.1.